The largest absolute Gasteiger partial charge is 0.385 e. The monoisotopic (exact) mass is 423 g/mol. The van der Waals surface area contributed by atoms with Gasteiger partial charge in [-0.25, -0.2) is 4.39 Å². The summed E-state index contributed by atoms with van der Waals surface area (Å²) in [5.41, 5.74) is 3.14. The number of carbonyl (C=O) groups is 1. The van der Waals surface area contributed by atoms with E-state index in [1.165, 1.54) is 12.1 Å². The van der Waals surface area contributed by atoms with Crippen LogP contribution in [0.4, 0.5) is 4.39 Å². The van der Waals surface area contributed by atoms with Gasteiger partial charge in [0.25, 0.3) is 0 Å². The number of ether oxygens (including phenoxy) is 1. The van der Waals surface area contributed by atoms with Crippen molar-refractivity contribution in [3.63, 3.8) is 0 Å². The molecule has 6 heteroatoms. The normalized spacial score (nSPS) is 10.9. The van der Waals surface area contributed by atoms with E-state index in [1.807, 2.05) is 53.6 Å². The van der Waals surface area contributed by atoms with Gasteiger partial charge < -0.3 is 19.5 Å². The van der Waals surface area contributed by atoms with Gasteiger partial charge in [-0.2, -0.15) is 0 Å². The second-order valence-corrected chi connectivity index (χ2v) is 7.51. The molecule has 164 valence electrons. The average Bonchev–Trinajstić information content (AvgIpc) is 3.22. The SMILES string of the molecule is COCCCNCC(=O)N(Cc1ccccc1)Cc1cccn1Cc1ccc(F)cc1. The maximum atomic E-state index is 13.2. The summed E-state index contributed by atoms with van der Waals surface area (Å²) in [6.07, 6.45) is 2.86. The maximum absolute atomic E-state index is 13.2. The topological polar surface area (TPSA) is 46.5 Å². The van der Waals surface area contributed by atoms with Gasteiger partial charge in [0, 0.05) is 38.7 Å². The van der Waals surface area contributed by atoms with E-state index < -0.39 is 0 Å². The van der Waals surface area contributed by atoms with Crippen molar-refractivity contribution in [3.05, 3.63) is 95.6 Å². The van der Waals surface area contributed by atoms with E-state index in [2.05, 4.69) is 9.88 Å². The second-order valence-electron chi connectivity index (χ2n) is 7.51. The van der Waals surface area contributed by atoms with Gasteiger partial charge in [-0.3, -0.25) is 4.79 Å². The first-order valence-electron chi connectivity index (χ1n) is 10.6. The molecule has 31 heavy (non-hydrogen) atoms. The first-order valence-corrected chi connectivity index (χ1v) is 10.6. The van der Waals surface area contributed by atoms with Gasteiger partial charge in [0.2, 0.25) is 5.91 Å². The third-order valence-corrected chi connectivity index (χ3v) is 5.09. The predicted molar refractivity (Wildman–Crippen MR) is 120 cm³/mol. The van der Waals surface area contributed by atoms with Gasteiger partial charge in [0.05, 0.1) is 13.1 Å². The maximum Gasteiger partial charge on any atom is 0.237 e. The minimum atomic E-state index is -0.242. The number of benzene rings is 2. The van der Waals surface area contributed by atoms with Crippen molar-refractivity contribution in [2.24, 2.45) is 0 Å². The summed E-state index contributed by atoms with van der Waals surface area (Å²) < 4.78 is 20.4. The van der Waals surface area contributed by atoms with E-state index in [-0.39, 0.29) is 18.3 Å². The highest BCUT2D eigenvalue weighted by molar-refractivity contribution is 5.78. The van der Waals surface area contributed by atoms with Gasteiger partial charge >= 0.3 is 0 Å². The molecule has 0 aliphatic carbocycles. The Bertz CT molecular complexity index is 925. The molecular weight excluding hydrogens is 393 g/mol. The number of nitrogens with zero attached hydrogens (tertiary/aromatic N) is 2. The Labute approximate surface area is 183 Å². The summed E-state index contributed by atoms with van der Waals surface area (Å²) in [5, 5.41) is 3.21. The lowest BCUT2D eigenvalue weighted by Gasteiger charge is -2.24. The lowest BCUT2D eigenvalue weighted by Crippen LogP contribution is -2.38. The summed E-state index contributed by atoms with van der Waals surface area (Å²) in [4.78, 5) is 14.9. The zero-order chi connectivity index (χ0) is 21.9. The van der Waals surface area contributed by atoms with E-state index in [1.54, 1.807) is 19.2 Å². The zero-order valence-electron chi connectivity index (χ0n) is 18.0. The van der Waals surface area contributed by atoms with Gasteiger partial charge in [-0.15, -0.1) is 0 Å². The van der Waals surface area contributed by atoms with E-state index in [0.717, 1.165) is 29.8 Å². The van der Waals surface area contributed by atoms with Crippen molar-refractivity contribution < 1.29 is 13.9 Å². The van der Waals surface area contributed by atoms with Crippen molar-refractivity contribution in [1.29, 1.82) is 0 Å². The van der Waals surface area contributed by atoms with Crippen LogP contribution in [0.5, 0.6) is 0 Å². The summed E-state index contributed by atoms with van der Waals surface area (Å²) >= 11 is 0. The van der Waals surface area contributed by atoms with Crippen LogP contribution in [0.2, 0.25) is 0 Å². The molecular formula is C25H30FN3O2. The minimum absolute atomic E-state index is 0.0517. The Balaban J connectivity index is 1.68. The average molecular weight is 424 g/mol. The molecule has 0 spiro atoms. The molecule has 0 saturated carbocycles. The molecule has 1 amide bonds. The molecule has 1 heterocycles. The van der Waals surface area contributed by atoms with Crippen molar-refractivity contribution >= 4 is 5.91 Å². The Morgan fingerprint density at radius 2 is 1.77 bits per heavy atom. The van der Waals surface area contributed by atoms with Gasteiger partial charge in [0.1, 0.15) is 5.82 Å². The third kappa shape index (κ3) is 7.35. The van der Waals surface area contributed by atoms with Gasteiger partial charge in [-0.1, -0.05) is 42.5 Å². The van der Waals surface area contributed by atoms with Crippen molar-refractivity contribution in [2.45, 2.75) is 26.1 Å². The number of hydrogen-bond donors (Lipinski definition) is 1. The molecule has 0 aliphatic rings. The number of halogens is 1. The van der Waals surface area contributed by atoms with E-state index in [9.17, 15) is 9.18 Å². The third-order valence-electron chi connectivity index (χ3n) is 5.09. The van der Waals surface area contributed by atoms with Crippen LogP contribution >= 0.6 is 0 Å². The fourth-order valence-electron chi connectivity index (χ4n) is 3.41. The number of methoxy groups -OCH3 is 1. The minimum Gasteiger partial charge on any atom is -0.385 e. The molecule has 0 aliphatic heterocycles. The molecule has 3 rings (SSSR count). The van der Waals surface area contributed by atoms with E-state index in [4.69, 9.17) is 4.74 Å². The summed E-state index contributed by atoms with van der Waals surface area (Å²) in [6, 6.07) is 20.5. The number of hydrogen-bond acceptors (Lipinski definition) is 3. The highest BCUT2D eigenvalue weighted by Gasteiger charge is 2.16. The molecule has 1 N–H and O–H groups in total. The van der Waals surface area contributed by atoms with Crippen molar-refractivity contribution in [2.75, 3.05) is 26.8 Å². The molecule has 0 fully saturated rings. The van der Waals surface area contributed by atoms with Gasteiger partial charge in [-0.05, 0) is 48.4 Å². The second kappa shape index (κ2) is 12.0. The smallest absolute Gasteiger partial charge is 0.237 e. The highest BCUT2D eigenvalue weighted by Crippen LogP contribution is 2.14. The zero-order valence-corrected chi connectivity index (χ0v) is 18.0. The first-order chi connectivity index (χ1) is 15.2. The first kappa shape index (κ1) is 22.7. The van der Waals surface area contributed by atoms with Crippen molar-refractivity contribution in [1.82, 2.24) is 14.8 Å². The van der Waals surface area contributed by atoms with Crippen LogP contribution in [-0.2, 0) is 29.2 Å². The Kier molecular flexibility index (Phi) is 8.82. The Morgan fingerprint density at radius 1 is 1.00 bits per heavy atom. The molecule has 2 aromatic carbocycles. The number of carbonyl (C=O) groups excluding carboxylic acids is 1. The fourth-order valence-corrected chi connectivity index (χ4v) is 3.41. The molecule has 3 aromatic rings. The number of nitrogens with one attached hydrogen (secondary N) is 1. The molecule has 0 bridgehead atoms. The van der Waals surface area contributed by atoms with Crippen LogP contribution in [0.1, 0.15) is 23.2 Å². The lowest BCUT2D eigenvalue weighted by molar-refractivity contribution is -0.131. The molecule has 0 atom stereocenters. The predicted octanol–water partition coefficient (Wildman–Crippen LogP) is 3.83. The molecule has 0 saturated heterocycles. The summed E-state index contributed by atoms with van der Waals surface area (Å²) in [6.45, 7) is 3.37. The fraction of sp³-hybridized carbons (Fsp3) is 0.320. The lowest BCUT2D eigenvalue weighted by atomic mass is 10.2. The molecule has 1 aromatic heterocycles. The van der Waals surface area contributed by atoms with Crippen molar-refractivity contribution in [3.8, 4) is 0 Å². The van der Waals surface area contributed by atoms with Crippen LogP contribution in [0, 0.1) is 5.82 Å². The number of amides is 1. The number of aromatic nitrogens is 1. The van der Waals surface area contributed by atoms with Crippen LogP contribution < -0.4 is 5.32 Å². The number of rotatable bonds is 12. The van der Waals surface area contributed by atoms with Crippen LogP contribution in [0.25, 0.3) is 0 Å². The molecule has 5 nitrogen and oxygen atoms in total. The van der Waals surface area contributed by atoms with E-state index >= 15 is 0 Å². The highest BCUT2D eigenvalue weighted by atomic mass is 19.1. The van der Waals surface area contributed by atoms with Gasteiger partial charge in [0.15, 0.2) is 0 Å². The Hall–Kier alpha value is -2.96. The molecule has 0 unspecified atom stereocenters. The van der Waals surface area contributed by atoms with E-state index in [0.29, 0.717) is 26.2 Å². The quantitative estimate of drug-likeness (QED) is 0.451. The summed E-state index contributed by atoms with van der Waals surface area (Å²) in [7, 11) is 1.67. The Morgan fingerprint density at radius 3 is 2.52 bits per heavy atom. The van der Waals surface area contributed by atoms with Crippen LogP contribution in [0.15, 0.2) is 72.9 Å². The molecule has 0 radical (unpaired) electrons. The van der Waals surface area contributed by atoms with Crippen LogP contribution in [-0.4, -0.2) is 42.2 Å². The standard InChI is InChI=1S/C25H30FN3O2/c1-31-16-6-14-27-17-25(30)29(19-21-7-3-2-4-8-21)20-24-9-5-15-28(24)18-22-10-12-23(26)13-11-22/h2-5,7-13,15,27H,6,14,16-20H2,1H3. The van der Waals surface area contributed by atoms with Crippen LogP contribution in [0.3, 0.4) is 0 Å². The summed E-state index contributed by atoms with van der Waals surface area (Å²) in [5.74, 6) is -0.190.